The van der Waals surface area contributed by atoms with Crippen LogP contribution >= 0.6 is 11.8 Å². The molecule has 94 valence electrons. The van der Waals surface area contributed by atoms with Gasteiger partial charge in [-0.25, -0.2) is 0 Å². The number of pyridine rings is 1. The van der Waals surface area contributed by atoms with Gasteiger partial charge in [-0.05, 0) is 38.5 Å². The van der Waals surface area contributed by atoms with Gasteiger partial charge in [-0.1, -0.05) is 0 Å². The minimum atomic E-state index is 0.363. The summed E-state index contributed by atoms with van der Waals surface area (Å²) in [5.41, 5.74) is 2.06. The number of rotatable bonds is 4. The van der Waals surface area contributed by atoms with Crippen LogP contribution in [0.2, 0.25) is 0 Å². The lowest BCUT2D eigenvalue weighted by molar-refractivity contribution is 0.414. The maximum absolute atomic E-state index is 5.32. The lowest BCUT2D eigenvalue weighted by Crippen LogP contribution is -2.27. The molecule has 1 unspecified atom stereocenters. The highest BCUT2D eigenvalue weighted by Gasteiger charge is 2.29. The molecule has 1 saturated heterocycles. The van der Waals surface area contributed by atoms with Crippen LogP contribution < -0.4 is 10.1 Å². The lowest BCUT2D eigenvalue weighted by Gasteiger charge is -2.24. The third-order valence-electron chi connectivity index (χ3n) is 3.18. The van der Waals surface area contributed by atoms with Crippen molar-refractivity contribution in [2.75, 3.05) is 24.7 Å². The Bertz CT molecular complexity index is 389. The van der Waals surface area contributed by atoms with Gasteiger partial charge in [-0.3, -0.25) is 4.98 Å². The van der Waals surface area contributed by atoms with E-state index in [4.69, 9.17) is 4.74 Å². The number of anilines is 1. The molecule has 4 heteroatoms. The molecule has 2 rings (SSSR count). The van der Waals surface area contributed by atoms with Gasteiger partial charge in [0.1, 0.15) is 0 Å². The predicted octanol–water partition coefficient (Wildman–Crippen LogP) is 3.10. The van der Waals surface area contributed by atoms with Gasteiger partial charge in [-0.2, -0.15) is 11.8 Å². The van der Waals surface area contributed by atoms with E-state index in [1.54, 1.807) is 13.3 Å². The molecule has 3 nitrogen and oxygen atoms in total. The van der Waals surface area contributed by atoms with Crippen LogP contribution in [0.15, 0.2) is 12.3 Å². The van der Waals surface area contributed by atoms with Crippen LogP contribution in [0, 0.1) is 6.92 Å². The SMILES string of the molecule is COc1cnc(C)cc1NCC1(C)CCCS1. The lowest BCUT2D eigenvalue weighted by atomic mass is 10.1. The molecule has 0 spiro atoms. The molecule has 0 aromatic carbocycles. The first-order valence-corrected chi connectivity index (χ1v) is 7.00. The minimum Gasteiger partial charge on any atom is -0.493 e. The second kappa shape index (κ2) is 5.17. The van der Waals surface area contributed by atoms with Gasteiger partial charge in [0.05, 0.1) is 19.0 Å². The van der Waals surface area contributed by atoms with Gasteiger partial charge in [0.2, 0.25) is 0 Å². The summed E-state index contributed by atoms with van der Waals surface area (Å²) in [5.74, 6) is 2.10. The number of nitrogens with zero attached hydrogens (tertiary/aromatic N) is 1. The molecule has 0 saturated carbocycles. The van der Waals surface area contributed by atoms with Crippen LogP contribution in [0.1, 0.15) is 25.5 Å². The first kappa shape index (κ1) is 12.6. The number of nitrogens with one attached hydrogen (secondary N) is 1. The zero-order valence-electron chi connectivity index (χ0n) is 10.7. The second-order valence-corrected chi connectivity index (χ2v) is 6.46. The second-order valence-electron chi connectivity index (χ2n) is 4.78. The van der Waals surface area contributed by atoms with E-state index >= 15 is 0 Å². The zero-order chi connectivity index (χ0) is 12.3. The molecule has 1 aliphatic heterocycles. The molecular weight excluding hydrogens is 232 g/mol. The number of thioether (sulfide) groups is 1. The van der Waals surface area contributed by atoms with Crippen molar-refractivity contribution in [3.63, 3.8) is 0 Å². The Kier molecular flexibility index (Phi) is 3.82. The third-order valence-corrected chi connectivity index (χ3v) is 4.72. The highest BCUT2D eigenvalue weighted by Crippen LogP contribution is 2.38. The van der Waals surface area contributed by atoms with Crippen LogP contribution in [0.5, 0.6) is 5.75 Å². The van der Waals surface area contributed by atoms with Crippen molar-refractivity contribution in [1.82, 2.24) is 4.98 Å². The molecule has 17 heavy (non-hydrogen) atoms. The molecule has 0 aliphatic carbocycles. The predicted molar refractivity (Wildman–Crippen MR) is 74.1 cm³/mol. The molecular formula is C13H20N2OS. The Morgan fingerprint density at radius 1 is 1.59 bits per heavy atom. The maximum Gasteiger partial charge on any atom is 0.160 e. The van der Waals surface area contributed by atoms with E-state index in [2.05, 4.69) is 29.0 Å². The van der Waals surface area contributed by atoms with Gasteiger partial charge in [0.15, 0.2) is 5.75 Å². The summed E-state index contributed by atoms with van der Waals surface area (Å²) in [7, 11) is 1.68. The molecule has 1 N–H and O–H groups in total. The number of aromatic nitrogens is 1. The highest BCUT2D eigenvalue weighted by atomic mass is 32.2. The Labute approximate surface area is 107 Å². The van der Waals surface area contributed by atoms with E-state index in [-0.39, 0.29) is 0 Å². The van der Waals surface area contributed by atoms with Crippen LogP contribution in [-0.4, -0.2) is 29.1 Å². The molecule has 0 radical (unpaired) electrons. The minimum absolute atomic E-state index is 0.363. The quantitative estimate of drug-likeness (QED) is 0.893. The van der Waals surface area contributed by atoms with E-state index in [1.165, 1.54) is 18.6 Å². The summed E-state index contributed by atoms with van der Waals surface area (Å²) < 4.78 is 5.68. The Balaban J connectivity index is 2.05. The number of aryl methyl sites for hydroxylation is 1. The maximum atomic E-state index is 5.32. The number of methoxy groups -OCH3 is 1. The van der Waals surface area contributed by atoms with Gasteiger partial charge in [0.25, 0.3) is 0 Å². The Morgan fingerprint density at radius 3 is 3.06 bits per heavy atom. The summed E-state index contributed by atoms with van der Waals surface area (Å²) in [6.45, 7) is 5.31. The van der Waals surface area contributed by atoms with E-state index in [1.807, 2.05) is 13.0 Å². The van der Waals surface area contributed by atoms with Crippen molar-refractivity contribution < 1.29 is 4.74 Å². The number of ether oxygens (including phenoxy) is 1. The van der Waals surface area contributed by atoms with Gasteiger partial charge in [0, 0.05) is 17.0 Å². The first-order valence-electron chi connectivity index (χ1n) is 6.01. The molecule has 1 atom stereocenters. The van der Waals surface area contributed by atoms with E-state index in [0.29, 0.717) is 4.75 Å². The average molecular weight is 252 g/mol. The molecule has 0 bridgehead atoms. The van der Waals surface area contributed by atoms with Gasteiger partial charge >= 0.3 is 0 Å². The molecule has 1 fully saturated rings. The van der Waals surface area contributed by atoms with Crippen molar-refractivity contribution in [1.29, 1.82) is 0 Å². The average Bonchev–Trinajstić information content (AvgIpc) is 2.74. The molecule has 0 amide bonds. The summed E-state index contributed by atoms with van der Waals surface area (Å²) in [6, 6.07) is 2.04. The van der Waals surface area contributed by atoms with E-state index < -0.39 is 0 Å². The highest BCUT2D eigenvalue weighted by molar-refractivity contribution is 8.00. The summed E-state index contributed by atoms with van der Waals surface area (Å²) in [5, 5.41) is 3.50. The van der Waals surface area contributed by atoms with Crippen LogP contribution in [-0.2, 0) is 0 Å². The third kappa shape index (κ3) is 3.06. The molecule has 1 aliphatic rings. The van der Waals surface area contributed by atoms with Crippen molar-refractivity contribution in [2.24, 2.45) is 0 Å². The Morgan fingerprint density at radius 2 is 2.41 bits per heavy atom. The number of hydrogen-bond donors (Lipinski definition) is 1. The van der Waals surface area contributed by atoms with Crippen molar-refractivity contribution in [3.05, 3.63) is 18.0 Å². The summed E-state index contributed by atoms with van der Waals surface area (Å²) in [6.07, 6.45) is 4.40. The van der Waals surface area contributed by atoms with Crippen molar-refractivity contribution in [3.8, 4) is 5.75 Å². The van der Waals surface area contributed by atoms with Crippen LogP contribution in [0.25, 0.3) is 0 Å². The normalized spacial score (nSPS) is 23.7. The molecule has 1 aromatic rings. The topological polar surface area (TPSA) is 34.1 Å². The molecule has 1 aromatic heterocycles. The fourth-order valence-electron chi connectivity index (χ4n) is 2.11. The smallest absolute Gasteiger partial charge is 0.160 e. The van der Waals surface area contributed by atoms with Crippen molar-refractivity contribution in [2.45, 2.75) is 31.4 Å². The van der Waals surface area contributed by atoms with Gasteiger partial charge < -0.3 is 10.1 Å². The van der Waals surface area contributed by atoms with E-state index in [0.717, 1.165) is 23.7 Å². The van der Waals surface area contributed by atoms with Gasteiger partial charge in [-0.15, -0.1) is 0 Å². The van der Waals surface area contributed by atoms with Crippen LogP contribution in [0.3, 0.4) is 0 Å². The largest absolute Gasteiger partial charge is 0.493 e. The fraction of sp³-hybridized carbons (Fsp3) is 0.615. The monoisotopic (exact) mass is 252 g/mol. The zero-order valence-corrected chi connectivity index (χ0v) is 11.6. The summed E-state index contributed by atoms with van der Waals surface area (Å²) >= 11 is 2.06. The first-order chi connectivity index (χ1) is 8.13. The number of hydrogen-bond acceptors (Lipinski definition) is 4. The van der Waals surface area contributed by atoms with Crippen molar-refractivity contribution >= 4 is 17.4 Å². The summed E-state index contributed by atoms with van der Waals surface area (Å²) in [4.78, 5) is 4.24. The molecule has 2 heterocycles. The standard InChI is InChI=1S/C13H20N2OS/c1-10-7-11(12(16-3)8-14-10)15-9-13(2)5-4-6-17-13/h7-8H,4-6,9H2,1-3H3,(H,14,15). The fourth-order valence-corrected chi connectivity index (χ4v) is 3.35. The Hall–Kier alpha value is -0.900. The van der Waals surface area contributed by atoms with E-state index in [9.17, 15) is 0 Å². The van der Waals surface area contributed by atoms with Crippen LogP contribution in [0.4, 0.5) is 5.69 Å².